The molecule has 1 aromatic heterocycles. The maximum Gasteiger partial charge on any atom is 0.262 e. The summed E-state index contributed by atoms with van der Waals surface area (Å²) >= 11 is 1.27. The van der Waals surface area contributed by atoms with Crippen molar-refractivity contribution in [2.45, 2.75) is 57.3 Å². The number of benzene rings is 2. The first-order valence-corrected chi connectivity index (χ1v) is 13.2. The Hall–Kier alpha value is -2.98. The van der Waals surface area contributed by atoms with Gasteiger partial charge >= 0.3 is 0 Å². The molecule has 3 aromatic rings. The third-order valence-corrected chi connectivity index (χ3v) is 8.40. The summed E-state index contributed by atoms with van der Waals surface area (Å²) < 4.78 is 6.60. The van der Waals surface area contributed by atoms with Crippen LogP contribution >= 0.6 is 11.3 Å². The fourth-order valence-corrected chi connectivity index (χ4v) is 6.56. The second-order valence-electron chi connectivity index (χ2n) is 10.1. The molecule has 8 N–H and O–H groups in total. The van der Waals surface area contributed by atoms with E-state index in [1.807, 2.05) is 39.0 Å². The van der Waals surface area contributed by atoms with Gasteiger partial charge in [0.1, 0.15) is 11.3 Å². The molecule has 1 fully saturated rings. The third kappa shape index (κ3) is 3.87. The summed E-state index contributed by atoms with van der Waals surface area (Å²) in [7, 11) is 0. The zero-order valence-corrected chi connectivity index (χ0v) is 21.6. The van der Waals surface area contributed by atoms with Crippen LogP contribution in [0.3, 0.4) is 0 Å². The molecule has 0 radical (unpaired) electrons. The van der Waals surface area contributed by atoms with Crippen LogP contribution in [0.15, 0.2) is 30.3 Å². The molecule has 1 aliphatic heterocycles. The second kappa shape index (κ2) is 9.15. The van der Waals surface area contributed by atoms with Crippen LogP contribution in [0.4, 0.5) is 5.69 Å². The van der Waals surface area contributed by atoms with E-state index in [9.17, 15) is 9.59 Å². The molecule has 3 unspecified atom stereocenters. The van der Waals surface area contributed by atoms with Crippen molar-refractivity contribution in [2.75, 3.05) is 18.8 Å². The SMILES string of the molecule is Cc1cc(C2(N)C(=O)C(N)c3c(C(=O)NC4CCCNC4)sc4c(N)ccc2c34)ccc1OC(C)C. The van der Waals surface area contributed by atoms with Crippen LogP contribution in [0.1, 0.15) is 64.7 Å². The van der Waals surface area contributed by atoms with E-state index in [2.05, 4.69) is 10.6 Å². The number of nitrogens with one attached hydrogen (secondary N) is 2. The van der Waals surface area contributed by atoms with Crippen molar-refractivity contribution in [1.82, 2.24) is 10.6 Å². The summed E-state index contributed by atoms with van der Waals surface area (Å²) in [6, 6.07) is 8.05. The van der Waals surface area contributed by atoms with Crippen LogP contribution in [0, 0.1) is 6.92 Å². The first-order chi connectivity index (χ1) is 17.1. The topological polar surface area (TPSA) is 145 Å². The lowest BCUT2D eigenvalue weighted by Gasteiger charge is -2.37. The number of rotatable bonds is 5. The lowest BCUT2D eigenvalue weighted by Crippen LogP contribution is -2.52. The predicted molar refractivity (Wildman–Crippen MR) is 143 cm³/mol. The number of ketones is 1. The van der Waals surface area contributed by atoms with E-state index in [0.717, 1.165) is 35.4 Å². The van der Waals surface area contributed by atoms with Crippen molar-refractivity contribution in [3.8, 4) is 5.75 Å². The van der Waals surface area contributed by atoms with Gasteiger partial charge in [0, 0.05) is 29.2 Å². The van der Waals surface area contributed by atoms with E-state index in [1.54, 1.807) is 12.1 Å². The molecule has 1 amide bonds. The lowest BCUT2D eigenvalue weighted by molar-refractivity contribution is -0.124. The molecule has 2 aromatic carbocycles. The van der Waals surface area contributed by atoms with Crippen molar-refractivity contribution in [1.29, 1.82) is 0 Å². The lowest BCUT2D eigenvalue weighted by atomic mass is 9.70. The molecule has 3 atom stereocenters. The van der Waals surface area contributed by atoms with Crippen LogP contribution in [-0.2, 0) is 10.3 Å². The molecule has 36 heavy (non-hydrogen) atoms. The second-order valence-corrected chi connectivity index (χ2v) is 11.1. The number of nitrogen functional groups attached to an aromatic ring is 1. The van der Waals surface area contributed by atoms with Crippen LogP contribution < -0.4 is 32.6 Å². The summed E-state index contributed by atoms with van der Waals surface area (Å²) in [4.78, 5) is 27.7. The number of piperidine rings is 1. The molecule has 0 spiro atoms. The molecule has 0 saturated carbocycles. The van der Waals surface area contributed by atoms with Gasteiger partial charge in [0.15, 0.2) is 5.78 Å². The minimum Gasteiger partial charge on any atom is -0.491 e. The summed E-state index contributed by atoms with van der Waals surface area (Å²) in [5, 5.41) is 7.12. The summed E-state index contributed by atoms with van der Waals surface area (Å²) in [6.45, 7) is 7.51. The molecule has 5 rings (SSSR count). The molecule has 1 saturated heterocycles. The van der Waals surface area contributed by atoms with Gasteiger partial charge in [-0.3, -0.25) is 9.59 Å². The number of amides is 1. The number of thiophene rings is 1. The number of aryl methyl sites for hydroxylation is 1. The average molecular weight is 508 g/mol. The summed E-state index contributed by atoms with van der Waals surface area (Å²) in [6.07, 6.45) is 1.92. The monoisotopic (exact) mass is 507 g/mol. The van der Waals surface area contributed by atoms with Crippen LogP contribution in [0.2, 0.25) is 0 Å². The Labute approximate surface area is 214 Å². The Bertz CT molecular complexity index is 1360. The summed E-state index contributed by atoms with van der Waals surface area (Å²) in [5.41, 5.74) is 21.6. The van der Waals surface area contributed by atoms with E-state index in [1.165, 1.54) is 11.3 Å². The normalized spacial score (nSPS) is 23.8. The molecular weight excluding hydrogens is 474 g/mol. The molecule has 0 bridgehead atoms. The Balaban J connectivity index is 1.64. The first kappa shape index (κ1) is 24.7. The van der Waals surface area contributed by atoms with Gasteiger partial charge in [-0.05, 0) is 75.0 Å². The number of carbonyl (C=O) groups excluding carboxylic acids is 2. The number of carbonyl (C=O) groups is 2. The van der Waals surface area contributed by atoms with Crippen molar-refractivity contribution in [3.05, 3.63) is 57.5 Å². The molecular formula is C27H33N5O3S. The molecule has 8 nitrogen and oxygen atoms in total. The first-order valence-electron chi connectivity index (χ1n) is 12.4. The van der Waals surface area contributed by atoms with Gasteiger partial charge in [-0.15, -0.1) is 11.3 Å². The molecule has 190 valence electrons. The highest BCUT2D eigenvalue weighted by atomic mass is 32.1. The largest absolute Gasteiger partial charge is 0.491 e. The Morgan fingerprint density at radius 2 is 2.06 bits per heavy atom. The molecule has 2 heterocycles. The van der Waals surface area contributed by atoms with E-state index < -0.39 is 11.6 Å². The third-order valence-electron chi connectivity index (χ3n) is 7.14. The van der Waals surface area contributed by atoms with Crippen molar-refractivity contribution in [3.63, 3.8) is 0 Å². The summed E-state index contributed by atoms with van der Waals surface area (Å²) in [5.74, 6) is 0.147. The van der Waals surface area contributed by atoms with E-state index in [0.29, 0.717) is 39.2 Å². The van der Waals surface area contributed by atoms with Crippen molar-refractivity contribution in [2.24, 2.45) is 11.5 Å². The fraction of sp³-hybridized carbons (Fsp3) is 0.407. The van der Waals surface area contributed by atoms with Crippen LogP contribution in [0.25, 0.3) is 10.1 Å². The highest BCUT2D eigenvalue weighted by Gasteiger charge is 2.49. The van der Waals surface area contributed by atoms with Gasteiger partial charge in [-0.25, -0.2) is 0 Å². The van der Waals surface area contributed by atoms with Gasteiger partial charge in [0.2, 0.25) is 0 Å². The number of ether oxygens (including phenoxy) is 1. The van der Waals surface area contributed by atoms with Crippen LogP contribution in [0.5, 0.6) is 5.75 Å². The molecule has 2 aliphatic rings. The van der Waals surface area contributed by atoms with Crippen LogP contribution in [-0.4, -0.2) is 36.9 Å². The predicted octanol–water partition coefficient (Wildman–Crippen LogP) is 2.85. The highest BCUT2D eigenvalue weighted by molar-refractivity contribution is 7.21. The van der Waals surface area contributed by atoms with Crippen molar-refractivity contribution >= 4 is 38.8 Å². The number of nitrogens with two attached hydrogens (primary N) is 3. The van der Waals surface area contributed by atoms with Gasteiger partial charge < -0.3 is 32.6 Å². The van der Waals surface area contributed by atoms with Gasteiger partial charge in [0.05, 0.1) is 21.7 Å². The minimum atomic E-state index is -1.48. The number of hydrogen-bond donors (Lipinski definition) is 5. The van der Waals surface area contributed by atoms with E-state index in [-0.39, 0.29) is 23.8 Å². The molecule has 9 heteroatoms. The quantitative estimate of drug-likeness (QED) is 0.334. The van der Waals surface area contributed by atoms with Gasteiger partial charge in [-0.1, -0.05) is 12.1 Å². The smallest absolute Gasteiger partial charge is 0.262 e. The van der Waals surface area contributed by atoms with E-state index in [4.69, 9.17) is 21.9 Å². The number of hydrogen-bond acceptors (Lipinski definition) is 8. The molecule has 1 aliphatic carbocycles. The maximum atomic E-state index is 13.9. The fourth-order valence-electron chi connectivity index (χ4n) is 5.35. The average Bonchev–Trinajstić information content (AvgIpc) is 3.26. The maximum absolute atomic E-state index is 13.9. The Kier molecular flexibility index (Phi) is 6.28. The Morgan fingerprint density at radius 3 is 2.72 bits per heavy atom. The zero-order valence-electron chi connectivity index (χ0n) is 20.8. The van der Waals surface area contributed by atoms with Crippen molar-refractivity contribution < 1.29 is 14.3 Å². The standard InChI is InChI=1S/C27H33N5O3S/c1-13(2)35-19-9-6-15(11-14(19)3)27(30)17-7-8-18(28)23-20(17)21(22(29)25(27)33)24(36-23)26(34)32-16-5-4-10-31-12-16/h6-9,11,13,16,22,31H,4-5,10,12,28-30H2,1-3H3,(H,32,34). The zero-order chi connectivity index (χ0) is 25.8. The van der Waals surface area contributed by atoms with Gasteiger partial charge in [0.25, 0.3) is 5.91 Å². The minimum absolute atomic E-state index is 0.0187. The highest BCUT2D eigenvalue weighted by Crippen LogP contribution is 2.49. The van der Waals surface area contributed by atoms with Gasteiger partial charge in [-0.2, -0.15) is 0 Å². The number of anilines is 1. The Morgan fingerprint density at radius 1 is 1.28 bits per heavy atom. The van der Waals surface area contributed by atoms with E-state index >= 15 is 0 Å². The number of Topliss-reactive ketones (excluding diaryl/α,β-unsaturated/α-hetero) is 1.